The maximum Gasteiger partial charge on any atom is 0.289 e. The fraction of sp³-hybridized carbons (Fsp3) is 0.455. The van der Waals surface area contributed by atoms with Crippen molar-refractivity contribution in [3.63, 3.8) is 0 Å². The molecule has 0 unspecified atom stereocenters. The van der Waals surface area contributed by atoms with Gasteiger partial charge in [0.25, 0.3) is 5.69 Å². The monoisotopic (exact) mass is 417 g/mol. The zero-order chi connectivity index (χ0) is 15.9. The minimum absolute atomic E-state index is 0. The van der Waals surface area contributed by atoms with Gasteiger partial charge in [0, 0.05) is 37.3 Å². The second-order valence-corrected chi connectivity index (χ2v) is 6.66. The summed E-state index contributed by atoms with van der Waals surface area (Å²) in [4.78, 5) is 9.81. The van der Waals surface area contributed by atoms with Crippen LogP contribution in [0.1, 0.15) is 0 Å². The van der Waals surface area contributed by atoms with E-state index in [0.29, 0.717) is 24.2 Å². The average molecular weight is 419 g/mol. The molecule has 11 heteroatoms. The van der Waals surface area contributed by atoms with E-state index < -0.39 is 20.6 Å². The van der Waals surface area contributed by atoms with Crippen molar-refractivity contribution in [2.45, 2.75) is 4.90 Å². The number of ether oxygens (including phenoxy) is 1. The third-order valence-corrected chi connectivity index (χ3v) is 4.47. The van der Waals surface area contributed by atoms with Gasteiger partial charge in [0.1, 0.15) is 0 Å². The van der Waals surface area contributed by atoms with E-state index >= 15 is 0 Å². The van der Waals surface area contributed by atoms with E-state index in [0.717, 1.165) is 6.07 Å². The summed E-state index contributed by atoms with van der Waals surface area (Å²) in [6.07, 6.45) is 0. The van der Waals surface area contributed by atoms with Crippen LogP contribution in [0, 0.1) is 10.1 Å². The average Bonchev–Trinajstić information content (AvgIpc) is 2.42. The maximum atomic E-state index is 12.1. The molecule has 0 spiro atoms. The molecular weight excluding hydrogens is 402 g/mol. The zero-order valence-electron chi connectivity index (χ0n) is 11.7. The highest BCUT2D eigenvalue weighted by Crippen LogP contribution is 2.26. The Bertz CT molecular complexity index is 599. The van der Waals surface area contributed by atoms with E-state index in [1.807, 2.05) is 0 Å². The molecule has 1 aromatic carbocycles. The summed E-state index contributed by atoms with van der Waals surface area (Å²) in [7, 11) is -2.38. The van der Waals surface area contributed by atoms with E-state index in [-0.39, 0.29) is 23.8 Å². The highest BCUT2D eigenvalue weighted by Gasteiger charge is 2.25. The molecule has 0 aliphatic heterocycles. The summed E-state index contributed by atoms with van der Waals surface area (Å²) in [5, 5.41) is 13.9. The Kier molecular flexibility index (Phi) is 9.72. The number of nitro benzene ring substituents is 1. The number of nitrogens with zero attached hydrogens (tertiary/aromatic N) is 1. The lowest BCUT2D eigenvalue weighted by Crippen LogP contribution is -2.33. The summed E-state index contributed by atoms with van der Waals surface area (Å²) in [6.45, 7) is 1.62. The number of rotatable bonds is 9. The molecule has 0 atom stereocenters. The van der Waals surface area contributed by atoms with Crippen molar-refractivity contribution in [1.29, 1.82) is 0 Å². The number of hydrogen-bond donors (Lipinski definition) is 2. The SMILES string of the molecule is COCCNCCNS(=O)(=O)c1cc(Br)ccc1[N+](=O)[O-].Cl. The van der Waals surface area contributed by atoms with Crippen molar-refractivity contribution >= 4 is 44.0 Å². The predicted octanol–water partition coefficient (Wildman–Crippen LogP) is 1.29. The fourth-order valence-corrected chi connectivity index (χ4v) is 3.24. The van der Waals surface area contributed by atoms with Gasteiger partial charge < -0.3 is 10.1 Å². The fourth-order valence-electron chi connectivity index (χ4n) is 1.50. The van der Waals surface area contributed by atoms with Gasteiger partial charge in [-0.3, -0.25) is 10.1 Å². The topological polar surface area (TPSA) is 111 Å². The maximum absolute atomic E-state index is 12.1. The Labute approximate surface area is 143 Å². The molecule has 0 aliphatic rings. The van der Waals surface area contributed by atoms with Gasteiger partial charge in [0.15, 0.2) is 4.90 Å². The first-order chi connectivity index (χ1) is 9.88. The summed E-state index contributed by atoms with van der Waals surface area (Å²) >= 11 is 3.11. The van der Waals surface area contributed by atoms with E-state index in [1.54, 1.807) is 7.11 Å². The van der Waals surface area contributed by atoms with Gasteiger partial charge in [-0.2, -0.15) is 0 Å². The molecule has 1 aromatic rings. The van der Waals surface area contributed by atoms with Gasteiger partial charge in [-0.05, 0) is 12.1 Å². The van der Waals surface area contributed by atoms with Crippen LogP contribution in [0.4, 0.5) is 5.69 Å². The number of benzene rings is 1. The van der Waals surface area contributed by atoms with Crippen molar-refractivity contribution < 1.29 is 18.1 Å². The summed E-state index contributed by atoms with van der Waals surface area (Å²) in [5.74, 6) is 0. The Morgan fingerprint density at radius 2 is 2.00 bits per heavy atom. The largest absolute Gasteiger partial charge is 0.383 e. The molecule has 0 aliphatic carbocycles. The van der Waals surface area contributed by atoms with Crippen LogP contribution in [0.2, 0.25) is 0 Å². The van der Waals surface area contributed by atoms with E-state index in [2.05, 4.69) is 26.0 Å². The van der Waals surface area contributed by atoms with Gasteiger partial charge >= 0.3 is 0 Å². The van der Waals surface area contributed by atoms with E-state index in [4.69, 9.17) is 4.74 Å². The second kappa shape index (κ2) is 10.1. The third-order valence-electron chi connectivity index (χ3n) is 2.48. The minimum atomic E-state index is -3.94. The van der Waals surface area contributed by atoms with Crippen LogP contribution < -0.4 is 10.0 Å². The first-order valence-electron chi connectivity index (χ1n) is 6.01. The van der Waals surface area contributed by atoms with Crippen LogP contribution in [0.3, 0.4) is 0 Å². The number of nitro groups is 1. The quantitative estimate of drug-likeness (QED) is 0.355. The molecule has 126 valence electrons. The van der Waals surface area contributed by atoms with E-state index in [9.17, 15) is 18.5 Å². The van der Waals surface area contributed by atoms with Crippen LogP contribution >= 0.6 is 28.3 Å². The molecule has 0 bridgehead atoms. The number of halogens is 2. The van der Waals surface area contributed by atoms with Crippen molar-refractivity contribution in [3.05, 3.63) is 32.8 Å². The van der Waals surface area contributed by atoms with Crippen LogP contribution in [-0.2, 0) is 14.8 Å². The summed E-state index contributed by atoms with van der Waals surface area (Å²) in [6, 6.07) is 3.78. The molecule has 0 radical (unpaired) electrons. The van der Waals surface area contributed by atoms with Crippen molar-refractivity contribution in [1.82, 2.24) is 10.0 Å². The van der Waals surface area contributed by atoms with Gasteiger partial charge in [-0.1, -0.05) is 15.9 Å². The Morgan fingerprint density at radius 1 is 1.32 bits per heavy atom. The molecule has 0 saturated carbocycles. The first kappa shape index (κ1) is 21.2. The number of nitrogens with one attached hydrogen (secondary N) is 2. The number of methoxy groups -OCH3 is 1. The lowest BCUT2D eigenvalue weighted by atomic mass is 10.3. The lowest BCUT2D eigenvalue weighted by Gasteiger charge is -2.08. The normalized spacial score (nSPS) is 11.0. The minimum Gasteiger partial charge on any atom is -0.383 e. The Balaban J connectivity index is 0.00000441. The lowest BCUT2D eigenvalue weighted by molar-refractivity contribution is -0.387. The van der Waals surface area contributed by atoms with Crippen molar-refractivity contribution in [3.8, 4) is 0 Å². The van der Waals surface area contributed by atoms with Gasteiger partial charge in [-0.15, -0.1) is 12.4 Å². The summed E-state index contributed by atoms with van der Waals surface area (Å²) in [5.41, 5.74) is -0.460. The Hall–Kier alpha value is -0.780. The van der Waals surface area contributed by atoms with Crippen LogP contribution in [-0.4, -0.2) is 46.7 Å². The molecule has 0 aromatic heterocycles. The van der Waals surface area contributed by atoms with Crippen LogP contribution in [0.25, 0.3) is 0 Å². The van der Waals surface area contributed by atoms with Crippen molar-refractivity contribution in [2.24, 2.45) is 0 Å². The number of sulfonamides is 1. The molecule has 0 saturated heterocycles. The molecule has 2 N–H and O–H groups in total. The standard InChI is InChI=1S/C11H16BrN3O5S.ClH/c1-20-7-6-13-4-5-14-21(18,19)11-8-9(12)2-3-10(11)15(16)17;/h2-3,8,13-14H,4-7H2,1H3;1H. The molecule has 0 fully saturated rings. The molecule has 0 heterocycles. The van der Waals surface area contributed by atoms with Crippen molar-refractivity contribution in [2.75, 3.05) is 33.4 Å². The molecule has 0 amide bonds. The second-order valence-electron chi connectivity index (χ2n) is 4.01. The number of hydrogen-bond acceptors (Lipinski definition) is 6. The molecular formula is C11H17BrClN3O5S. The molecule has 1 rings (SSSR count). The van der Waals surface area contributed by atoms with Crippen LogP contribution in [0.15, 0.2) is 27.6 Å². The smallest absolute Gasteiger partial charge is 0.289 e. The Morgan fingerprint density at radius 3 is 2.59 bits per heavy atom. The summed E-state index contributed by atoms with van der Waals surface area (Å²) < 4.78 is 31.8. The third kappa shape index (κ3) is 6.55. The van der Waals surface area contributed by atoms with Gasteiger partial charge in [-0.25, -0.2) is 13.1 Å². The predicted molar refractivity (Wildman–Crippen MR) is 88.0 cm³/mol. The zero-order valence-corrected chi connectivity index (χ0v) is 15.0. The molecule has 8 nitrogen and oxygen atoms in total. The van der Waals surface area contributed by atoms with E-state index in [1.165, 1.54) is 12.1 Å². The van der Waals surface area contributed by atoms with Crippen LogP contribution in [0.5, 0.6) is 0 Å². The highest BCUT2D eigenvalue weighted by molar-refractivity contribution is 9.10. The van der Waals surface area contributed by atoms with Gasteiger partial charge in [0.2, 0.25) is 10.0 Å². The first-order valence-corrected chi connectivity index (χ1v) is 8.29. The molecule has 22 heavy (non-hydrogen) atoms. The van der Waals surface area contributed by atoms with Gasteiger partial charge in [0.05, 0.1) is 11.5 Å². The highest BCUT2D eigenvalue weighted by atomic mass is 79.9.